The van der Waals surface area contributed by atoms with Gasteiger partial charge in [-0.15, -0.1) is 0 Å². The summed E-state index contributed by atoms with van der Waals surface area (Å²) < 4.78 is 32.7. The topological polar surface area (TPSA) is 75.7 Å². The molecule has 1 heterocycles. The van der Waals surface area contributed by atoms with Gasteiger partial charge in [-0.1, -0.05) is 11.6 Å². The van der Waals surface area contributed by atoms with Crippen LogP contribution in [-0.2, 0) is 10.0 Å². The number of nitrogens with zero attached hydrogens (tertiary/aromatic N) is 1. The number of ether oxygens (including phenoxy) is 1. The van der Waals surface area contributed by atoms with Crippen LogP contribution in [0, 0.1) is 0 Å². The molecule has 2 aromatic rings. The van der Waals surface area contributed by atoms with Crippen LogP contribution in [0.4, 0.5) is 5.69 Å². The summed E-state index contributed by atoms with van der Waals surface area (Å²) in [6, 6.07) is 9.29. The summed E-state index contributed by atoms with van der Waals surface area (Å²) in [6.45, 7) is 0.999. The molecule has 1 amide bonds. The van der Waals surface area contributed by atoms with Crippen molar-refractivity contribution in [2.75, 3.05) is 25.5 Å². The Labute approximate surface area is 171 Å². The van der Waals surface area contributed by atoms with E-state index in [0.717, 1.165) is 12.8 Å². The van der Waals surface area contributed by atoms with Gasteiger partial charge in [-0.3, -0.25) is 4.79 Å². The molecule has 0 aromatic heterocycles. The molecule has 0 unspecified atom stereocenters. The fraction of sp³-hybridized carbons (Fsp3) is 0.278. The smallest absolute Gasteiger partial charge is 0.256 e. The number of methoxy groups -OCH3 is 1. The van der Waals surface area contributed by atoms with Crippen molar-refractivity contribution in [1.82, 2.24) is 4.31 Å². The second kappa shape index (κ2) is 8.18. The number of sulfonamides is 1. The van der Waals surface area contributed by atoms with E-state index in [9.17, 15) is 13.2 Å². The fourth-order valence-electron chi connectivity index (χ4n) is 2.88. The number of anilines is 1. The quantitative estimate of drug-likeness (QED) is 0.708. The van der Waals surface area contributed by atoms with E-state index >= 15 is 0 Å². The maximum absolute atomic E-state index is 12.8. The third kappa shape index (κ3) is 4.29. The highest BCUT2D eigenvalue weighted by molar-refractivity contribution is 9.10. The van der Waals surface area contributed by atoms with Crippen LogP contribution in [-0.4, -0.2) is 38.8 Å². The first-order valence-corrected chi connectivity index (χ1v) is 10.9. The number of carbonyl (C=O) groups is 1. The predicted molar refractivity (Wildman–Crippen MR) is 108 cm³/mol. The molecule has 144 valence electrons. The maximum atomic E-state index is 12.8. The molecule has 6 nitrogen and oxygen atoms in total. The molecule has 3 rings (SSSR count). The van der Waals surface area contributed by atoms with Crippen molar-refractivity contribution in [1.29, 1.82) is 0 Å². The zero-order valence-corrected chi connectivity index (χ0v) is 17.7. The average Bonchev–Trinajstić information content (AvgIpc) is 3.17. The molecule has 1 fully saturated rings. The highest BCUT2D eigenvalue weighted by atomic mass is 79.9. The molecule has 9 heteroatoms. The summed E-state index contributed by atoms with van der Waals surface area (Å²) in [7, 11) is -2.13. The minimum Gasteiger partial charge on any atom is -0.495 e. The van der Waals surface area contributed by atoms with Crippen LogP contribution in [0.3, 0.4) is 0 Å². The largest absolute Gasteiger partial charge is 0.495 e. The van der Waals surface area contributed by atoms with E-state index in [1.165, 1.54) is 23.5 Å². The normalized spacial score (nSPS) is 14.9. The molecule has 0 atom stereocenters. The van der Waals surface area contributed by atoms with Crippen molar-refractivity contribution in [3.05, 3.63) is 51.5 Å². The average molecular weight is 474 g/mol. The first-order valence-electron chi connectivity index (χ1n) is 8.27. The van der Waals surface area contributed by atoms with Gasteiger partial charge in [0.25, 0.3) is 5.91 Å². The van der Waals surface area contributed by atoms with Crippen molar-refractivity contribution in [2.45, 2.75) is 17.7 Å². The van der Waals surface area contributed by atoms with Gasteiger partial charge in [0.2, 0.25) is 10.0 Å². The van der Waals surface area contributed by atoms with Gasteiger partial charge in [-0.05, 0) is 65.2 Å². The fourth-order valence-corrected chi connectivity index (χ4v) is 5.03. The van der Waals surface area contributed by atoms with Crippen molar-refractivity contribution in [2.24, 2.45) is 0 Å². The van der Waals surface area contributed by atoms with Crippen LogP contribution in [0.2, 0.25) is 5.02 Å². The number of hydrogen-bond acceptors (Lipinski definition) is 4. The molecular formula is C18H18BrClN2O4S. The summed E-state index contributed by atoms with van der Waals surface area (Å²) >= 11 is 9.31. The minimum atomic E-state index is -3.62. The first kappa shape index (κ1) is 20.1. The Balaban J connectivity index is 1.93. The molecule has 27 heavy (non-hydrogen) atoms. The second-order valence-electron chi connectivity index (χ2n) is 6.05. The third-order valence-corrected chi connectivity index (χ3v) is 7.12. The highest BCUT2D eigenvalue weighted by Gasteiger charge is 2.28. The Morgan fingerprint density at radius 3 is 2.56 bits per heavy atom. The van der Waals surface area contributed by atoms with Crippen LogP contribution in [0.15, 0.2) is 45.8 Å². The standard InChI is InChI=1S/C18H18BrClN2O4S/c1-26-17-7-4-12(20)10-16(17)21-18(23)14-11-13(5-6-15(14)19)27(24,25)22-8-2-3-9-22/h4-7,10-11H,2-3,8-9H2,1H3,(H,21,23). The summed E-state index contributed by atoms with van der Waals surface area (Å²) in [6.07, 6.45) is 1.69. The molecule has 0 spiro atoms. The minimum absolute atomic E-state index is 0.0933. The molecule has 0 aliphatic carbocycles. The Morgan fingerprint density at radius 1 is 1.19 bits per heavy atom. The number of amides is 1. The number of hydrogen-bond donors (Lipinski definition) is 1. The predicted octanol–water partition coefficient (Wildman–Crippen LogP) is 4.15. The number of rotatable bonds is 5. The molecule has 0 radical (unpaired) electrons. The van der Waals surface area contributed by atoms with Gasteiger partial charge in [0, 0.05) is 22.6 Å². The van der Waals surface area contributed by atoms with Gasteiger partial charge in [-0.2, -0.15) is 4.31 Å². The maximum Gasteiger partial charge on any atom is 0.256 e. The lowest BCUT2D eigenvalue weighted by molar-refractivity contribution is 0.102. The van der Waals surface area contributed by atoms with Crippen LogP contribution >= 0.6 is 27.5 Å². The lowest BCUT2D eigenvalue weighted by Crippen LogP contribution is -2.28. The van der Waals surface area contributed by atoms with E-state index in [4.69, 9.17) is 16.3 Å². The van der Waals surface area contributed by atoms with Crippen LogP contribution in [0.1, 0.15) is 23.2 Å². The second-order valence-corrected chi connectivity index (χ2v) is 9.28. The number of carbonyl (C=O) groups excluding carboxylic acids is 1. The summed E-state index contributed by atoms with van der Waals surface area (Å²) in [4.78, 5) is 12.9. The van der Waals surface area contributed by atoms with E-state index in [0.29, 0.717) is 34.0 Å². The molecule has 0 saturated carbocycles. The van der Waals surface area contributed by atoms with E-state index < -0.39 is 15.9 Å². The molecule has 0 bridgehead atoms. The Hall–Kier alpha value is -1.61. The molecule has 1 aliphatic heterocycles. The molecular weight excluding hydrogens is 456 g/mol. The lowest BCUT2D eigenvalue weighted by atomic mass is 10.2. The zero-order valence-electron chi connectivity index (χ0n) is 14.5. The molecule has 1 saturated heterocycles. The van der Waals surface area contributed by atoms with Crippen LogP contribution in [0.25, 0.3) is 0 Å². The van der Waals surface area contributed by atoms with E-state index in [2.05, 4.69) is 21.2 Å². The van der Waals surface area contributed by atoms with Crippen molar-refractivity contribution in [3.63, 3.8) is 0 Å². The molecule has 1 aliphatic rings. The van der Waals surface area contributed by atoms with Gasteiger partial charge in [0.15, 0.2) is 0 Å². The summed E-state index contributed by atoms with van der Waals surface area (Å²) in [5, 5.41) is 3.16. The van der Waals surface area contributed by atoms with E-state index in [1.54, 1.807) is 24.3 Å². The first-order chi connectivity index (χ1) is 12.8. The summed E-state index contributed by atoms with van der Waals surface area (Å²) in [5.41, 5.74) is 0.604. The Kier molecular flexibility index (Phi) is 6.10. The zero-order chi connectivity index (χ0) is 19.6. The van der Waals surface area contributed by atoms with Gasteiger partial charge < -0.3 is 10.1 Å². The van der Waals surface area contributed by atoms with Crippen molar-refractivity contribution < 1.29 is 17.9 Å². The molecule has 2 aromatic carbocycles. The number of benzene rings is 2. The Morgan fingerprint density at radius 2 is 1.89 bits per heavy atom. The van der Waals surface area contributed by atoms with Gasteiger partial charge in [0.1, 0.15) is 5.75 Å². The summed E-state index contributed by atoms with van der Waals surface area (Å²) in [5.74, 6) is -0.0226. The number of nitrogens with one attached hydrogen (secondary N) is 1. The highest BCUT2D eigenvalue weighted by Crippen LogP contribution is 2.30. The molecule has 1 N–H and O–H groups in total. The van der Waals surface area contributed by atoms with Crippen LogP contribution < -0.4 is 10.1 Å². The van der Waals surface area contributed by atoms with Crippen molar-refractivity contribution >= 4 is 49.1 Å². The van der Waals surface area contributed by atoms with E-state index in [-0.39, 0.29) is 10.5 Å². The monoisotopic (exact) mass is 472 g/mol. The van der Waals surface area contributed by atoms with Gasteiger partial charge in [-0.25, -0.2) is 8.42 Å². The third-order valence-electron chi connectivity index (χ3n) is 4.29. The van der Waals surface area contributed by atoms with Gasteiger partial charge in [0.05, 0.1) is 23.3 Å². The number of halogens is 2. The Bertz CT molecular complexity index is 975. The van der Waals surface area contributed by atoms with Gasteiger partial charge >= 0.3 is 0 Å². The lowest BCUT2D eigenvalue weighted by Gasteiger charge is -2.17. The SMILES string of the molecule is COc1ccc(Cl)cc1NC(=O)c1cc(S(=O)(=O)N2CCCC2)ccc1Br. The van der Waals surface area contributed by atoms with Crippen LogP contribution in [0.5, 0.6) is 5.75 Å². The van der Waals surface area contributed by atoms with Crippen molar-refractivity contribution in [3.8, 4) is 5.75 Å². The van der Waals surface area contributed by atoms with E-state index in [1.807, 2.05) is 0 Å².